The zero-order chi connectivity index (χ0) is 29.8. The molecule has 3 aromatic rings. The van der Waals surface area contributed by atoms with Gasteiger partial charge in [-0.1, -0.05) is 120 Å². The number of ether oxygens (including phenoxy) is 1. The van der Waals surface area contributed by atoms with Crippen molar-refractivity contribution in [2.45, 2.75) is 110 Å². The standard InChI is InChI=1S/C35H49N3O3S/c1-3-4-5-6-7-8-9-10-11-12-13-14-15-16-25-41-34-32(29(2)39)18-17-19-33(34)37-35(40)36-31-22-20-30(21-23-31)27-38-24-26-42-28-38/h17-24,26,28H,3-16,25,27H2,1-2H3,(H-,36,37,40)/p+1. The smallest absolute Gasteiger partial charge is 0.323 e. The number of rotatable bonds is 21. The molecule has 0 saturated heterocycles. The van der Waals surface area contributed by atoms with E-state index in [-0.39, 0.29) is 11.8 Å². The first kappa shape index (κ1) is 33.3. The van der Waals surface area contributed by atoms with Gasteiger partial charge in [-0.15, -0.1) is 0 Å². The lowest BCUT2D eigenvalue weighted by Gasteiger charge is -2.16. The lowest BCUT2D eigenvalue weighted by molar-refractivity contribution is -0.683. The molecule has 0 aliphatic carbocycles. The first-order valence-corrected chi connectivity index (χ1v) is 16.9. The minimum absolute atomic E-state index is 0.0888. The van der Waals surface area contributed by atoms with E-state index in [0.717, 1.165) is 24.9 Å². The number of unbranched alkanes of at least 4 members (excludes halogenated alkanes) is 13. The number of carbonyl (C=O) groups excluding carboxylic acids is 2. The van der Waals surface area contributed by atoms with Crippen LogP contribution in [0.3, 0.4) is 0 Å². The van der Waals surface area contributed by atoms with E-state index in [0.29, 0.717) is 29.3 Å². The number of aromatic nitrogens is 1. The zero-order valence-electron chi connectivity index (χ0n) is 25.7. The Bertz CT molecular complexity index is 1180. The lowest BCUT2D eigenvalue weighted by Crippen LogP contribution is -2.30. The maximum Gasteiger partial charge on any atom is 0.323 e. The van der Waals surface area contributed by atoms with E-state index in [2.05, 4.69) is 27.6 Å². The summed E-state index contributed by atoms with van der Waals surface area (Å²) in [6.45, 7) is 5.09. The number of para-hydroxylation sites is 1. The molecule has 6 nitrogen and oxygen atoms in total. The predicted octanol–water partition coefficient (Wildman–Crippen LogP) is 9.79. The molecule has 228 valence electrons. The van der Waals surface area contributed by atoms with Gasteiger partial charge in [-0.05, 0) is 37.6 Å². The van der Waals surface area contributed by atoms with Crippen LogP contribution in [-0.4, -0.2) is 18.4 Å². The number of thiazole rings is 1. The Morgan fingerprint density at radius 3 is 1.98 bits per heavy atom. The fraction of sp³-hybridized carbons (Fsp3) is 0.514. The van der Waals surface area contributed by atoms with Crippen molar-refractivity contribution in [1.82, 2.24) is 0 Å². The van der Waals surface area contributed by atoms with Crippen LogP contribution in [0.25, 0.3) is 0 Å². The Morgan fingerprint density at radius 2 is 1.40 bits per heavy atom. The van der Waals surface area contributed by atoms with Gasteiger partial charge in [0.2, 0.25) is 5.51 Å². The maximum atomic E-state index is 12.8. The van der Waals surface area contributed by atoms with Crippen molar-refractivity contribution in [2.24, 2.45) is 0 Å². The first-order valence-electron chi connectivity index (χ1n) is 15.9. The molecule has 0 aliphatic heterocycles. The summed E-state index contributed by atoms with van der Waals surface area (Å²) in [5.74, 6) is 0.354. The van der Waals surface area contributed by atoms with Crippen LogP contribution in [0.2, 0.25) is 0 Å². The molecule has 2 N–H and O–H groups in total. The van der Waals surface area contributed by atoms with Crippen LogP contribution in [0.4, 0.5) is 16.2 Å². The summed E-state index contributed by atoms with van der Waals surface area (Å²) in [5, 5.41) is 7.80. The van der Waals surface area contributed by atoms with Crippen LogP contribution in [-0.2, 0) is 6.54 Å². The van der Waals surface area contributed by atoms with Gasteiger partial charge in [0.1, 0.15) is 0 Å². The fourth-order valence-corrected chi connectivity index (χ4v) is 5.68. The van der Waals surface area contributed by atoms with Gasteiger partial charge >= 0.3 is 6.03 Å². The molecule has 0 atom stereocenters. The molecule has 0 spiro atoms. The molecule has 42 heavy (non-hydrogen) atoms. The van der Waals surface area contributed by atoms with Crippen molar-refractivity contribution in [3.05, 3.63) is 70.7 Å². The Balaban J connectivity index is 1.36. The second kappa shape index (κ2) is 19.8. The Kier molecular flexibility index (Phi) is 15.7. The fourth-order valence-electron chi connectivity index (χ4n) is 5.08. The van der Waals surface area contributed by atoms with E-state index >= 15 is 0 Å². The van der Waals surface area contributed by atoms with Crippen molar-refractivity contribution < 1.29 is 18.9 Å². The number of carbonyl (C=O) groups is 2. The minimum Gasteiger partial charge on any atom is -0.491 e. The molecule has 3 rings (SSSR count). The summed E-state index contributed by atoms with van der Waals surface area (Å²) in [5.41, 5.74) is 4.88. The summed E-state index contributed by atoms with van der Waals surface area (Å²) in [6, 6.07) is 12.7. The van der Waals surface area contributed by atoms with Crippen molar-refractivity contribution in [2.75, 3.05) is 17.2 Å². The number of anilines is 2. The molecule has 2 aromatic carbocycles. The molecule has 1 aromatic heterocycles. The maximum absolute atomic E-state index is 12.8. The quantitative estimate of drug-likeness (QED) is 0.0735. The number of Topliss-reactive ketones (excluding diaryl/α,β-unsaturated/α-hetero) is 1. The molecule has 7 heteroatoms. The van der Waals surface area contributed by atoms with Crippen LogP contribution in [0, 0.1) is 0 Å². The number of ketones is 1. The number of amides is 2. The zero-order valence-corrected chi connectivity index (χ0v) is 26.5. The SMILES string of the molecule is CCCCCCCCCCCCCCCCOc1c(NC(=O)Nc2ccc(C[n+]3ccsc3)cc2)cccc1C(C)=O. The van der Waals surface area contributed by atoms with E-state index in [1.807, 2.05) is 35.8 Å². The molecule has 0 aliphatic rings. The van der Waals surface area contributed by atoms with Crippen LogP contribution in [0.5, 0.6) is 5.75 Å². The highest BCUT2D eigenvalue weighted by molar-refractivity contribution is 7.07. The van der Waals surface area contributed by atoms with Crippen LogP contribution < -0.4 is 19.9 Å². The Labute approximate surface area is 256 Å². The monoisotopic (exact) mass is 592 g/mol. The van der Waals surface area contributed by atoms with Crippen molar-refractivity contribution in [3.8, 4) is 5.75 Å². The second-order valence-corrected chi connectivity index (χ2v) is 11.9. The first-order chi connectivity index (χ1) is 20.6. The van der Waals surface area contributed by atoms with Crippen LogP contribution in [0.1, 0.15) is 120 Å². The predicted molar refractivity (Wildman–Crippen MR) is 175 cm³/mol. The van der Waals surface area contributed by atoms with Gasteiger partial charge in [-0.3, -0.25) is 4.79 Å². The molecule has 0 unspecified atom stereocenters. The highest BCUT2D eigenvalue weighted by atomic mass is 32.1. The third-order valence-electron chi connectivity index (χ3n) is 7.49. The van der Waals surface area contributed by atoms with Crippen molar-refractivity contribution in [1.29, 1.82) is 0 Å². The topological polar surface area (TPSA) is 71.3 Å². The average molecular weight is 593 g/mol. The van der Waals surface area contributed by atoms with Crippen molar-refractivity contribution >= 4 is 34.5 Å². The summed E-state index contributed by atoms with van der Waals surface area (Å²) in [7, 11) is 0. The van der Waals surface area contributed by atoms with Gasteiger partial charge in [0, 0.05) is 11.3 Å². The average Bonchev–Trinajstić information content (AvgIpc) is 3.49. The number of hydrogen-bond acceptors (Lipinski definition) is 4. The van der Waals surface area contributed by atoms with Gasteiger partial charge in [0.15, 0.2) is 24.3 Å². The molecule has 1 heterocycles. The Hall–Kier alpha value is -3.19. The second-order valence-electron chi connectivity index (χ2n) is 11.2. The summed E-state index contributed by atoms with van der Waals surface area (Å²) < 4.78 is 8.20. The summed E-state index contributed by atoms with van der Waals surface area (Å²) in [4.78, 5) is 25.1. The molecular formula is C35H50N3O3S+. The van der Waals surface area contributed by atoms with Gasteiger partial charge in [0.25, 0.3) is 0 Å². The molecule has 2 amide bonds. The number of benzene rings is 2. The molecule has 0 radical (unpaired) electrons. The normalized spacial score (nSPS) is 10.9. The largest absolute Gasteiger partial charge is 0.491 e. The third kappa shape index (κ3) is 12.8. The number of hydrogen-bond donors (Lipinski definition) is 2. The molecular weight excluding hydrogens is 542 g/mol. The van der Waals surface area contributed by atoms with Crippen LogP contribution >= 0.6 is 11.3 Å². The van der Waals surface area contributed by atoms with E-state index in [9.17, 15) is 9.59 Å². The van der Waals surface area contributed by atoms with Gasteiger partial charge < -0.3 is 15.4 Å². The molecule has 0 fully saturated rings. The van der Waals surface area contributed by atoms with Gasteiger partial charge in [-0.25, -0.2) is 4.79 Å². The minimum atomic E-state index is -0.378. The highest BCUT2D eigenvalue weighted by Crippen LogP contribution is 2.30. The van der Waals surface area contributed by atoms with Crippen LogP contribution in [0.15, 0.2) is 59.6 Å². The Morgan fingerprint density at radius 1 is 0.786 bits per heavy atom. The van der Waals surface area contributed by atoms with E-state index in [1.54, 1.807) is 29.5 Å². The lowest BCUT2D eigenvalue weighted by atomic mass is 10.0. The van der Waals surface area contributed by atoms with E-state index < -0.39 is 0 Å². The highest BCUT2D eigenvalue weighted by Gasteiger charge is 2.16. The third-order valence-corrected chi connectivity index (χ3v) is 8.16. The number of urea groups is 1. The molecule has 0 bridgehead atoms. The van der Waals surface area contributed by atoms with Gasteiger partial charge in [0.05, 0.1) is 23.2 Å². The number of nitrogens with one attached hydrogen (secondary N) is 2. The number of nitrogens with zero attached hydrogens (tertiary/aromatic N) is 1. The summed E-state index contributed by atoms with van der Waals surface area (Å²) >= 11 is 1.66. The van der Waals surface area contributed by atoms with Crippen molar-refractivity contribution in [3.63, 3.8) is 0 Å². The van der Waals surface area contributed by atoms with E-state index in [4.69, 9.17) is 4.74 Å². The van der Waals surface area contributed by atoms with Gasteiger partial charge in [-0.2, -0.15) is 4.57 Å². The van der Waals surface area contributed by atoms with E-state index in [1.165, 1.54) is 84.0 Å². The molecule has 0 saturated carbocycles. The summed E-state index contributed by atoms with van der Waals surface area (Å²) in [6.07, 6.45) is 20.2.